The van der Waals surface area contributed by atoms with E-state index in [-0.39, 0.29) is 12.5 Å². The quantitative estimate of drug-likeness (QED) is 0.920. The highest BCUT2D eigenvalue weighted by molar-refractivity contribution is 5.92. The Morgan fingerprint density at radius 3 is 2.74 bits per heavy atom. The summed E-state index contributed by atoms with van der Waals surface area (Å²) in [6.07, 6.45) is 1.08. The predicted octanol–water partition coefficient (Wildman–Crippen LogP) is 3.39. The predicted molar refractivity (Wildman–Crippen MR) is 93.3 cm³/mol. The van der Waals surface area contributed by atoms with Crippen molar-refractivity contribution in [1.29, 1.82) is 0 Å². The van der Waals surface area contributed by atoms with Gasteiger partial charge in [-0.05, 0) is 50.1 Å². The second-order valence-corrected chi connectivity index (χ2v) is 5.82. The van der Waals surface area contributed by atoms with Gasteiger partial charge in [-0.1, -0.05) is 23.8 Å². The molecule has 2 aromatic carbocycles. The lowest BCUT2D eigenvalue weighted by Crippen LogP contribution is -2.21. The van der Waals surface area contributed by atoms with Crippen LogP contribution in [-0.4, -0.2) is 25.6 Å². The number of rotatable bonds is 5. The van der Waals surface area contributed by atoms with Crippen molar-refractivity contribution in [2.24, 2.45) is 0 Å². The Bertz CT molecular complexity index is 695. The highest BCUT2D eigenvalue weighted by atomic mass is 16.5. The van der Waals surface area contributed by atoms with Gasteiger partial charge in [0.2, 0.25) is 0 Å². The van der Waals surface area contributed by atoms with E-state index in [1.807, 2.05) is 37.3 Å². The standard InChI is InChI=1S/C19H22N2O2/c1-3-21-11-10-15-6-7-16(12-18(15)21)20-19(22)13-23-17-8-4-14(2)5-9-17/h4-9,12H,3,10-11,13H2,1-2H3,(H,20,22). The molecular formula is C19H22N2O2. The molecule has 0 aromatic heterocycles. The van der Waals surface area contributed by atoms with E-state index in [2.05, 4.69) is 29.3 Å². The first kappa shape index (κ1) is 15.4. The Hall–Kier alpha value is -2.49. The molecule has 0 atom stereocenters. The number of fused-ring (bicyclic) bond motifs is 1. The molecule has 4 heteroatoms. The van der Waals surface area contributed by atoms with E-state index in [1.165, 1.54) is 16.8 Å². The van der Waals surface area contributed by atoms with Crippen molar-refractivity contribution in [2.45, 2.75) is 20.3 Å². The van der Waals surface area contributed by atoms with Gasteiger partial charge in [-0.15, -0.1) is 0 Å². The fraction of sp³-hybridized carbons (Fsp3) is 0.316. The summed E-state index contributed by atoms with van der Waals surface area (Å²) in [4.78, 5) is 14.4. The van der Waals surface area contributed by atoms with Gasteiger partial charge in [-0.3, -0.25) is 4.79 Å². The molecule has 4 nitrogen and oxygen atoms in total. The number of carbonyl (C=O) groups is 1. The van der Waals surface area contributed by atoms with Crippen LogP contribution in [0.2, 0.25) is 0 Å². The Morgan fingerprint density at radius 2 is 2.00 bits per heavy atom. The molecule has 23 heavy (non-hydrogen) atoms. The van der Waals surface area contributed by atoms with Crippen molar-refractivity contribution in [3.05, 3.63) is 53.6 Å². The third-order valence-electron chi connectivity index (χ3n) is 4.13. The normalized spacial score (nSPS) is 12.9. The average Bonchev–Trinajstić information content (AvgIpc) is 2.96. The smallest absolute Gasteiger partial charge is 0.262 e. The molecule has 1 N–H and O–H groups in total. The minimum atomic E-state index is -0.147. The molecule has 0 saturated carbocycles. The van der Waals surface area contributed by atoms with E-state index in [1.54, 1.807) is 0 Å². The fourth-order valence-corrected chi connectivity index (χ4v) is 2.83. The summed E-state index contributed by atoms with van der Waals surface area (Å²) in [6, 6.07) is 13.8. The second-order valence-electron chi connectivity index (χ2n) is 5.82. The number of anilines is 2. The zero-order chi connectivity index (χ0) is 16.2. The number of carbonyl (C=O) groups excluding carboxylic acids is 1. The van der Waals surface area contributed by atoms with Crippen molar-refractivity contribution < 1.29 is 9.53 Å². The Labute approximate surface area is 137 Å². The van der Waals surface area contributed by atoms with Crippen LogP contribution in [0.5, 0.6) is 5.75 Å². The summed E-state index contributed by atoms with van der Waals surface area (Å²) in [6.45, 7) is 6.22. The van der Waals surface area contributed by atoms with Gasteiger partial charge in [0.1, 0.15) is 5.75 Å². The van der Waals surface area contributed by atoms with Crippen LogP contribution in [0.1, 0.15) is 18.1 Å². The molecule has 0 spiro atoms. The van der Waals surface area contributed by atoms with Gasteiger partial charge in [0.05, 0.1) is 0 Å². The molecule has 0 unspecified atom stereocenters. The monoisotopic (exact) mass is 310 g/mol. The second kappa shape index (κ2) is 6.73. The van der Waals surface area contributed by atoms with Crippen LogP contribution in [0.15, 0.2) is 42.5 Å². The summed E-state index contributed by atoms with van der Waals surface area (Å²) >= 11 is 0. The van der Waals surface area contributed by atoms with Crippen molar-refractivity contribution >= 4 is 17.3 Å². The molecule has 0 aliphatic carbocycles. The van der Waals surface area contributed by atoms with Crippen LogP contribution in [-0.2, 0) is 11.2 Å². The molecule has 0 fully saturated rings. The summed E-state index contributed by atoms with van der Waals surface area (Å²) in [7, 11) is 0. The van der Waals surface area contributed by atoms with Crippen molar-refractivity contribution in [1.82, 2.24) is 0 Å². The first-order chi connectivity index (χ1) is 11.2. The minimum absolute atomic E-state index is 0.0115. The van der Waals surface area contributed by atoms with E-state index in [0.717, 1.165) is 25.2 Å². The molecule has 3 rings (SSSR count). The average molecular weight is 310 g/mol. The number of amides is 1. The lowest BCUT2D eigenvalue weighted by molar-refractivity contribution is -0.118. The maximum absolute atomic E-state index is 12.1. The van der Waals surface area contributed by atoms with Gasteiger partial charge >= 0.3 is 0 Å². The van der Waals surface area contributed by atoms with Gasteiger partial charge in [0, 0.05) is 24.5 Å². The molecule has 0 radical (unpaired) electrons. The molecular weight excluding hydrogens is 288 g/mol. The maximum Gasteiger partial charge on any atom is 0.262 e. The van der Waals surface area contributed by atoms with Crippen LogP contribution < -0.4 is 15.0 Å². The molecule has 0 bridgehead atoms. The number of benzene rings is 2. The lowest BCUT2D eigenvalue weighted by Gasteiger charge is -2.17. The molecule has 120 valence electrons. The lowest BCUT2D eigenvalue weighted by atomic mass is 10.1. The van der Waals surface area contributed by atoms with Gasteiger partial charge in [0.15, 0.2) is 6.61 Å². The number of hydrogen-bond donors (Lipinski definition) is 1. The largest absolute Gasteiger partial charge is 0.484 e. The van der Waals surface area contributed by atoms with E-state index in [9.17, 15) is 4.79 Å². The molecule has 1 heterocycles. The van der Waals surface area contributed by atoms with E-state index >= 15 is 0 Å². The van der Waals surface area contributed by atoms with Crippen molar-refractivity contribution in [2.75, 3.05) is 29.9 Å². The highest BCUT2D eigenvalue weighted by Gasteiger charge is 2.18. The number of ether oxygens (including phenoxy) is 1. The topological polar surface area (TPSA) is 41.6 Å². The summed E-state index contributed by atoms with van der Waals surface area (Å²) in [5.41, 5.74) is 4.56. The third kappa shape index (κ3) is 3.65. The van der Waals surface area contributed by atoms with E-state index in [0.29, 0.717) is 5.75 Å². The van der Waals surface area contributed by atoms with Crippen LogP contribution in [0.3, 0.4) is 0 Å². The Balaban J connectivity index is 1.59. The van der Waals surface area contributed by atoms with Gasteiger partial charge < -0.3 is 15.0 Å². The van der Waals surface area contributed by atoms with Gasteiger partial charge in [-0.25, -0.2) is 0 Å². The molecule has 1 aliphatic rings. The van der Waals surface area contributed by atoms with E-state index < -0.39 is 0 Å². The van der Waals surface area contributed by atoms with Crippen LogP contribution in [0, 0.1) is 6.92 Å². The highest BCUT2D eigenvalue weighted by Crippen LogP contribution is 2.30. The van der Waals surface area contributed by atoms with Crippen molar-refractivity contribution in [3.8, 4) is 5.75 Å². The Kier molecular flexibility index (Phi) is 4.51. The number of nitrogens with one attached hydrogen (secondary N) is 1. The molecule has 0 saturated heterocycles. The van der Waals surface area contributed by atoms with Gasteiger partial charge in [0.25, 0.3) is 5.91 Å². The van der Waals surface area contributed by atoms with Gasteiger partial charge in [-0.2, -0.15) is 0 Å². The van der Waals surface area contributed by atoms with Crippen molar-refractivity contribution in [3.63, 3.8) is 0 Å². The molecule has 2 aromatic rings. The van der Waals surface area contributed by atoms with Crippen LogP contribution >= 0.6 is 0 Å². The maximum atomic E-state index is 12.1. The zero-order valence-corrected chi connectivity index (χ0v) is 13.6. The summed E-state index contributed by atoms with van der Waals surface area (Å²) < 4.78 is 5.51. The Morgan fingerprint density at radius 1 is 1.22 bits per heavy atom. The zero-order valence-electron chi connectivity index (χ0n) is 13.6. The third-order valence-corrected chi connectivity index (χ3v) is 4.13. The molecule has 1 amide bonds. The van der Waals surface area contributed by atoms with E-state index in [4.69, 9.17) is 4.74 Å². The summed E-state index contributed by atoms with van der Waals surface area (Å²) in [5.74, 6) is 0.559. The number of likely N-dealkylation sites (N-methyl/N-ethyl adjacent to an activating group) is 1. The number of nitrogens with zero attached hydrogens (tertiary/aromatic N) is 1. The van der Waals surface area contributed by atoms with Crippen LogP contribution in [0.4, 0.5) is 11.4 Å². The van der Waals surface area contributed by atoms with Crippen LogP contribution in [0.25, 0.3) is 0 Å². The SMILES string of the molecule is CCN1CCc2ccc(NC(=O)COc3ccc(C)cc3)cc21. The first-order valence-corrected chi connectivity index (χ1v) is 8.03. The fourth-order valence-electron chi connectivity index (χ4n) is 2.83. The first-order valence-electron chi connectivity index (χ1n) is 8.03. The minimum Gasteiger partial charge on any atom is -0.484 e. The number of aryl methyl sites for hydroxylation is 1. The number of hydrogen-bond acceptors (Lipinski definition) is 3. The summed E-state index contributed by atoms with van der Waals surface area (Å²) in [5, 5.41) is 2.91. The molecule has 1 aliphatic heterocycles.